The minimum atomic E-state index is -0.473. The van der Waals surface area contributed by atoms with Crippen LogP contribution in [0.3, 0.4) is 0 Å². The number of methoxy groups -OCH3 is 1. The van der Waals surface area contributed by atoms with Crippen molar-refractivity contribution in [1.29, 1.82) is 0 Å². The number of nitrogens with zero attached hydrogens (tertiary/aromatic N) is 2. The van der Waals surface area contributed by atoms with Crippen LogP contribution in [-0.4, -0.2) is 48.5 Å². The van der Waals surface area contributed by atoms with Crippen LogP contribution in [0.5, 0.6) is 5.75 Å². The number of likely N-dealkylation sites (N-methyl/N-ethyl adjacent to an activating group) is 1. The van der Waals surface area contributed by atoms with Crippen LogP contribution in [0.25, 0.3) is 0 Å². The van der Waals surface area contributed by atoms with Gasteiger partial charge in [0, 0.05) is 18.3 Å². The standard InChI is InChI=1S/C18H25NO2.C12H17NO.C3H2O.2C2H6/c1-14-9-8-12-16(14)19(17(20)21-18(2,3)4)13-15-10-6-5-7-11-15;1-9-12-5-4-11(14-3)8-10(12)6-7-13(9)2;1-2-3-4;2*1-2/h5-7,10-11H,8-9,12-13H2,1-4H3;4-5,8-9H,6-7H2,1-3H3;1,3H;2*1-2H3. The SMILES string of the molecule is C#CC=O.CC.CC.CC1=C(N(Cc2ccccc2)C(=O)OC(C)(C)C)CCC1.COc1ccc2c(c1)CCN(C)C2C. The van der Waals surface area contributed by atoms with Gasteiger partial charge in [0.15, 0.2) is 6.29 Å². The molecule has 0 fully saturated rings. The molecule has 43 heavy (non-hydrogen) atoms. The van der Waals surface area contributed by atoms with Crippen LogP contribution in [0.2, 0.25) is 0 Å². The Bertz CT molecular complexity index is 1160. The second-order valence-corrected chi connectivity index (χ2v) is 10.9. The molecule has 0 N–H and O–H groups in total. The van der Waals surface area contributed by atoms with E-state index in [-0.39, 0.29) is 6.09 Å². The van der Waals surface area contributed by atoms with Gasteiger partial charge in [0.05, 0.1) is 13.7 Å². The van der Waals surface area contributed by atoms with E-state index in [9.17, 15) is 4.79 Å². The number of benzene rings is 2. The quantitative estimate of drug-likeness (QED) is 0.262. The molecule has 4 rings (SSSR count). The Morgan fingerprint density at radius 1 is 1.07 bits per heavy atom. The van der Waals surface area contributed by atoms with Gasteiger partial charge in [0.2, 0.25) is 0 Å². The van der Waals surface area contributed by atoms with Crippen molar-refractivity contribution in [3.63, 3.8) is 0 Å². The molecule has 0 saturated heterocycles. The number of carbonyl (C=O) groups excluding carboxylic acids is 2. The van der Waals surface area contributed by atoms with Crippen molar-refractivity contribution >= 4 is 12.4 Å². The molecule has 6 heteroatoms. The molecule has 6 nitrogen and oxygen atoms in total. The van der Waals surface area contributed by atoms with Gasteiger partial charge in [-0.15, -0.1) is 6.42 Å². The number of hydrogen-bond donors (Lipinski definition) is 0. The van der Waals surface area contributed by atoms with E-state index in [2.05, 4.69) is 50.4 Å². The Labute approximate surface area is 262 Å². The first-order valence-corrected chi connectivity index (χ1v) is 15.5. The van der Waals surface area contributed by atoms with Crippen molar-refractivity contribution < 1.29 is 19.1 Å². The molecule has 1 aliphatic heterocycles. The first-order chi connectivity index (χ1) is 20.5. The Hall–Kier alpha value is -3.56. The van der Waals surface area contributed by atoms with Gasteiger partial charge >= 0.3 is 6.09 Å². The Balaban J connectivity index is 0.000000690. The molecule has 0 aromatic heterocycles. The zero-order valence-electron chi connectivity index (χ0n) is 28.6. The number of allylic oxidation sites excluding steroid dienone is 2. The maximum Gasteiger partial charge on any atom is 0.414 e. The number of aldehydes is 1. The zero-order chi connectivity index (χ0) is 33.0. The summed E-state index contributed by atoms with van der Waals surface area (Å²) in [4.78, 5) is 25.7. The summed E-state index contributed by atoms with van der Waals surface area (Å²) in [6.45, 7) is 19.8. The summed E-state index contributed by atoms with van der Waals surface area (Å²) in [5, 5.41) is 0. The maximum absolute atomic E-state index is 12.6. The molecule has 1 atom stereocenters. The summed E-state index contributed by atoms with van der Waals surface area (Å²) in [5.41, 5.74) is 5.97. The molecule has 2 aromatic carbocycles. The van der Waals surface area contributed by atoms with E-state index in [0.717, 1.165) is 49.2 Å². The summed E-state index contributed by atoms with van der Waals surface area (Å²) in [5.74, 6) is 2.72. The van der Waals surface area contributed by atoms with Crippen LogP contribution < -0.4 is 4.74 Å². The third-order valence-corrected chi connectivity index (χ3v) is 6.84. The van der Waals surface area contributed by atoms with Gasteiger partial charge < -0.3 is 9.47 Å². The number of fused-ring (bicyclic) bond motifs is 1. The lowest BCUT2D eigenvalue weighted by Crippen LogP contribution is -2.36. The summed E-state index contributed by atoms with van der Waals surface area (Å²) in [6, 6.07) is 17.0. The minimum Gasteiger partial charge on any atom is -0.497 e. The lowest BCUT2D eigenvalue weighted by atomic mass is 9.94. The highest BCUT2D eigenvalue weighted by molar-refractivity contribution is 5.71. The molecule has 0 saturated carbocycles. The van der Waals surface area contributed by atoms with Crippen LogP contribution in [0.1, 0.15) is 104 Å². The molecule has 1 amide bonds. The van der Waals surface area contributed by atoms with E-state index in [4.69, 9.17) is 14.3 Å². The molecule has 0 bridgehead atoms. The summed E-state index contributed by atoms with van der Waals surface area (Å²) >= 11 is 0. The third-order valence-electron chi connectivity index (χ3n) is 6.84. The molecule has 0 spiro atoms. The normalized spacial score (nSPS) is 15.2. The highest BCUT2D eigenvalue weighted by Gasteiger charge is 2.28. The highest BCUT2D eigenvalue weighted by atomic mass is 16.6. The Morgan fingerprint density at radius 2 is 1.67 bits per heavy atom. The average Bonchev–Trinajstić information content (AvgIpc) is 3.45. The van der Waals surface area contributed by atoms with Gasteiger partial charge in [-0.3, -0.25) is 14.6 Å². The van der Waals surface area contributed by atoms with Crippen LogP contribution in [-0.2, 0) is 22.5 Å². The van der Waals surface area contributed by atoms with Gasteiger partial charge in [0.25, 0.3) is 0 Å². The fraction of sp³-hybridized carbons (Fsp3) is 0.514. The van der Waals surface area contributed by atoms with Gasteiger partial charge in [0.1, 0.15) is 11.4 Å². The smallest absolute Gasteiger partial charge is 0.414 e. The molecule has 2 aliphatic rings. The Kier molecular flexibility index (Phi) is 19.4. The molecule has 1 heterocycles. The Morgan fingerprint density at radius 3 is 2.16 bits per heavy atom. The molecule has 0 radical (unpaired) electrons. The fourth-order valence-corrected chi connectivity index (χ4v) is 4.66. The zero-order valence-corrected chi connectivity index (χ0v) is 28.6. The minimum absolute atomic E-state index is 0.248. The molecule has 1 aliphatic carbocycles. The summed E-state index contributed by atoms with van der Waals surface area (Å²) < 4.78 is 10.8. The molecular formula is C37H56N2O4. The number of hydrogen-bond acceptors (Lipinski definition) is 5. The van der Waals surface area contributed by atoms with Gasteiger partial charge in [-0.05, 0) is 102 Å². The average molecular weight is 593 g/mol. The van der Waals surface area contributed by atoms with Gasteiger partial charge in [-0.2, -0.15) is 0 Å². The first-order valence-electron chi connectivity index (χ1n) is 15.5. The van der Waals surface area contributed by atoms with E-state index in [1.165, 1.54) is 16.7 Å². The monoisotopic (exact) mass is 592 g/mol. The van der Waals surface area contributed by atoms with Crippen LogP contribution in [0.15, 0.2) is 59.8 Å². The number of terminal acetylenes is 1. The van der Waals surface area contributed by atoms with E-state index in [0.29, 0.717) is 18.9 Å². The molecule has 1 unspecified atom stereocenters. The largest absolute Gasteiger partial charge is 0.497 e. The van der Waals surface area contributed by atoms with Crippen molar-refractivity contribution in [3.05, 3.63) is 76.5 Å². The van der Waals surface area contributed by atoms with Crippen molar-refractivity contribution in [1.82, 2.24) is 9.80 Å². The van der Waals surface area contributed by atoms with E-state index >= 15 is 0 Å². The lowest BCUT2D eigenvalue weighted by Gasteiger charge is -2.32. The van der Waals surface area contributed by atoms with E-state index in [1.54, 1.807) is 13.0 Å². The second kappa shape index (κ2) is 21.2. The van der Waals surface area contributed by atoms with Crippen molar-refractivity contribution in [3.8, 4) is 18.1 Å². The topological polar surface area (TPSA) is 59.1 Å². The van der Waals surface area contributed by atoms with Crippen molar-refractivity contribution in [2.24, 2.45) is 0 Å². The summed E-state index contributed by atoms with van der Waals surface area (Å²) in [7, 11) is 3.90. The van der Waals surface area contributed by atoms with E-state index < -0.39 is 5.60 Å². The van der Waals surface area contributed by atoms with Crippen molar-refractivity contribution in [2.45, 2.75) is 106 Å². The van der Waals surface area contributed by atoms with Gasteiger partial charge in [-0.1, -0.05) is 69.7 Å². The number of rotatable bonds is 4. The summed E-state index contributed by atoms with van der Waals surface area (Å²) in [6.07, 6.45) is 8.85. The van der Waals surface area contributed by atoms with E-state index in [1.807, 2.05) is 83.7 Å². The van der Waals surface area contributed by atoms with Crippen molar-refractivity contribution in [2.75, 3.05) is 20.7 Å². The number of carbonyl (C=O) groups is 2. The molecule has 238 valence electrons. The van der Waals surface area contributed by atoms with Crippen LogP contribution in [0, 0.1) is 12.3 Å². The van der Waals surface area contributed by atoms with Crippen LogP contribution >= 0.6 is 0 Å². The molecular weight excluding hydrogens is 536 g/mol. The van der Waals surface area contributed by atoms with Crippen LogP contribution in [0.4, 0.5) is 4.79 Å². The predicted octanol–water partition coefficient (Wildman–Crippen LogP) is 9.00. The fourth-order valence-electron chi connectivity index (χ4n) is 4.66. The molecule has 2 aromatic rings. The second-order valence-electron chi connectivity index (χ2n) is 10.9. The maximum atomic E-state index is 12.6. The third kappa shape index (κ3) is 14.0. The number of amides is 1. The lowest BCUT2D eigenvalue weighted by molar-refractivity contribution is -0.103. The number of ether oxygens (including phenoxy) is 2. The first kappa shape index (κ1) is 39.4. The highest BCUT2D eigenvalue weighted by Crippen LogP contribution is 2.31. The predicted molar refractivity (Wildman–Crippen MR) is 180 cm³/mol. The van der Waals surface area contributed by atoms with Gasteiger partial charge in [-0.25, -0.2) is 4.79 Å².